The number of anilines is 3. The second kappa shape index (κ2) is 10.8. The number of benzene rings is 1. The third-order valence-electron chi connectivity index (χ3n) is 6.35. The minimum atomic E-state index is -0.761. The molecule has 1 aliphatic heterocycles. The van der Waals surface area contributed by atoms with E-state index < -0.39 is 11.7 Å². The number of nitrogens with zero attached hydrogens (tertiary/aromatic N) is 2. The van der Waals surface area contributed by atoms with Gasteiger partial charge in [-0.25, -0.2) is 9.37 Å². The molecular formula is C24H33FN6O2. The number of pyridine rings is 1. The van der Waals surface area contributed by atoms with Crippen LogP contribution in [0.25, 0.3) is 0 Å². The average molecular weight is 457 g/mol. The Bertz CT molecular complexity index is 966. The first kappa shape index (κ1) is 23.3. The predicted octanol–water partition coefficient (Wildman–Crippen LogP) is 3.22. The highest BCUT2D eigenvalue weighted by Gasteiger charge is 2.24. The van der Waals surface area contributed by atoms with Gasteiger partial charge in [0.2, 0.25) is 0 Å². The first-order chi connectivity index (χ1) is 16.0. The van der Waals surface area contributed by atoms with Crippen molar-refractivity contribution in [2.45, 2.75) is 50.6 Å². The van der Waals surface area contributed by atoms with E-state index in [0.717, 1.165) is 51.4 Å². The van der Waals surface area contributed by atoms with Crippen molar-refractivity contribution >= 4 is 23.2 Å². The monoisotopic (exact) mass is 456 g/mol. The van der Waals surface area contributed by atoms with Gasteiger partial charge in [0.05, 0.1) is 5.56 Å². The van der Waals surface area contributed by atoms with Crippen LogP contribution in [-0.2, 0) is 0 Å². The lowest BCUT2D eigenvalue weighted by molar-refractivity contribution is 0.100. The first-order valence-electron chi connectivity index (χ1n) is 11.7. The molecule has 8 nitrogen and oxygen atoms in total. The van der Waals surface area contributed by atoms with E-state index in [0.29, 0.717) is 18.0 Å². The Morgan fingerprint density at radius 2 is 1.94 bits per heavy atom. The maximum Gasteiger partial charge on any atom is 0.252 e. The van der Waals surface area contributed by atoms with Crippen LogP contribution >= 0.6 is 0 Å². The molecule has 2 aliphatic rings. The molecule has 33 heavy (non-hydrogen) atoms. The summed E-state index contributed by atoms with van der Waals surface area (Å²) in [5.41, 5.74) is 12.3. The van der Waals surface area contributed by atoms with E-state index in [4.69, 9.17) is 16.2 Å². The highest BCUT2D eigenvalue weighted by molar-refractivity contribution is 5.98. The molecule has 0 spiro atoms. The largest absolute Gasteiger partial charge is 0.492 e. The van der Waals surface area contributed by atoms with Crippen molar-refractivity contribution in [3.63, 3.8) is 0 Å². The Kier molecular flexibility index (Phi) is 7.61. The van der Waals surface area contributed by atoms with Crippen LogP contribution in [0.15, 0.2) is 30.3 Å². The number of halogens is 1. The lowest BCUT2D eigenvalue weighted by atomic mass is 9.91. The summed E-state index contributed by atoms with van der Waals surface area (Å²) in [6.07, 6.45) is 6.32. The van der Waals surface area contributed by atoms with Crippen molar-refractivity contribution < 1.29 is 13.9 Å². The molecule has 1 saturated heterocycles. The van der Waals surface area contributed by atoms with Crippen LogP contribution in [0.4, 0.5) is 21.7 Å². The average Bonchev–Trinajstić information content (AvgIpc) is 3.31. The van der Waals surface area contributed by atoms with Gasteiger partial charge in [-0.05, 0) is 57.0 Å². The zero-order chi connectivity index (χ0) is 23.2. The molecule has 9 heteroatoms. The number of ether oxygens (including phenoxy) is 1. The second-order valence-corrected chi connectivity index (χ2v) is 8.83. The van der Waals surface area contributed by atoms with Crippen molar-refractivity contribution in [3.8, 4) is 5.75 Å². The van der Waals surface area contributed by atoms with E-state index in [1.54, 1.807) is 0 Å². The molecule has 1 aromatic heterocycles. The smallest absolute Gasteiger partial charge is 0.252 e. The van der Waals surface area contributed by atoms with Gasteiger partial charge in [0, 0.05) is 30.4 Å². The molecule has 2 atom stereocenters. The summed E-state index contributed by atoms with van der Waals surface area (Å²) >= 11 is 0. The number of aromatic nitrogens is 1. The van der Waals surface area contributed by atoms with E-state index in [1.807, 2.05) is 24.3 Å². The summed E-state index contributed by atoms with van der Waals surface area (Å²) in [4.78, 5) is 18.7. The Morgan fingerprint density at radius 3 is 2.70 bits per heavy atom. The van der Waals surface area contributed by atoms with Crippen molar-refractivity contribution in [2.75, 3.05) is 36.9 Å². The molecule has 1 aromatic carbocycles. The normalized spacial score (nSPS) is 21.0. The molecule has 1 amide bonds. The number of hydrogen-bond acceptors (Lipinski definition) is 7. The Hall–Kier alpha value is -2.91. The van der Waals surface area contributed by atoms with Crippen molar-refractivity contribution in [2.24, 2.45) is 11.5 Å². The van der Waals surface area contributed by atoms with Crippen LogP contribution in [0.5, 0.6) is 5.75 Å². The van der Waals surface area contributed by atoms with E-state index in [2.05, 4.69) is 20.5 Å². The molecule has 1 aliphatic carbocycles. The van der Waals surface area contributed by atoms with E-state index in [1.165, 1.54) is 12.8 Å². The highest BCUT2D eigenvalue weighted by Crippen LogP contribution is 2.28. The van der Waals surface area contributed by atoms with Crippen molar-refractivity contribution in [3.05, 3.63) is 41.7 Å². The van der Waals surface area contributed by atoms with Crippen LogP contribution in [0, 0.1) is 5.82 Å². The maximum atomic E-state index is 14.7. The van der Waals surface area contributed by atoms with Crippen LogP contribution < -0.4 is 26.8 Å². The summed E-state index contributed by atoms with van der Waals surface area (Å²) in [6, 6.07) is 8.35. The standard InChI is InChI=1S/C24H33FN6O2/c25-19-15-18(22(27)32)23(30-24(19)29-21-9-2-1-8-20(21)26)28-16-6-5-7-17(14-16)33-13-12-31-10-3-4-11-31/h5-7,14-15,20-21H,1-4,8-13,26H2,(H2,27,32)(H2,28,29,30)/t20-,21?/m0/s1. The third kappa shape index (κ3) is 6.11. The molecule has 4 rings (SSSR count). The maximum absolute atomic E-state index is 14.7. The molecule has 2 aromatic rings. The molecule has 1 saturated carbocycles. The van der Waals surface area contributed by atoms with Gasteiger partial charge in [0.25, 0.3) is 5.91 Å². The Labute approximate surface area is 193 Å². The van der Waals surface area contributed by atoms with Crippen LogP contribution in [0.1, 0.15) is 48.9 Å². The van der Waals surface area contributed by atoms with E-state index in [-0.39, 0.29) is 29.3 Å². The summed E-state index contributed by atoms with van der Waals surface area (Å²) in [5.74, 6) is -0.449. The topological polar surface area (TPSA) is 119 Å². The third-order valence-corrected chi connectivity index (χ3v) is 6.35. The Morgan fingerprint density at radius 1 is 1.15 bits per heavy atom. The molecule has 1 unspecified atom stereocenters. The summed E-state index contributed by atoms with van der Waals surface area (Å²) < 4.78 is 20.6. The minimum Gasteiger partial charge on any atom is -0.492 e. The number of carbonyl (C=O) groups is 1. The van der Waals surface area contributed by atoms with Gasteiger partial charge in [-0.3, -0.25) is 9.69 Å². The first-order valence-corrected chi connectivity index (χ1v) is 11.7. The van der Waals surface area contributed by atoms with E-state index >= 15 is 0 Å². The quantitative estimate of drug-likeness (QED) is 0.457. The van der Waals surface area contributed by atoms with Crippen LogP contribution in [0.3, 0.4) is 0 Å². The summed E-state index contributed by atoms with van der Waals surface area (Å²) in [7, 11) is 0. The molecule has 178 valence electrons. The van der Waals surface area contributed by atoms with Gasteiger partial charge in [-0.1, -0.05) is 18.9 Å². The van der Waals surface area contributed by atoms with Gasteiger partial charge in [-0.15, -0.1) is 0 Å². The van der Waals surface area contributed by atoms with Crippen LogP contribution in [-0.4, -0.2) is 54.1 Å². The van der Waals surface area contributed by atoms with Gasteiger partial charge >= 0.3 is 0 Å². The number of rotatable bonds is 9. The molecule has 0 radical (unpaired) electrons. The fraction of sp³-hybridized carbons (Fsp3) is 0.500. The predicted molar refractivity (Wildman–Crippen MR) is 127 cm³/mol. The molecule has 2 heterocycles. The zero-order valence-corrected chi connectivity index (χ0v) is 18.9. The molecule has 0 bridgehead atoms. The van der Waals surface area contributed by atoms with Crippen molar-refractivity contribution in [1.29, 1.82) is 0 Å². The number of hydrogen-bond donors (Lipinski definition) is 4. The molecule has 2 fully saturated rings. The van der Waals surface area contributed by atoms with E-state index in [9.17, 15) is 9.18 Å². The van der Waals surface area contributed by atoms with Gasteiger partial charge in [-0.2, -0.15) is 0 Å². The highest BCUT2D eigenvalue weighted by atomic mass is 19.1. The lowest BCUT2D eigenvalue weighted by Crippen LogP contribution is -2.43. The lowest BCUT2D eigenvalue weighted by Gasteiger charge is -2.30. The number of nitrogens with one attached hydrogen (secondary N) is 2. The van der Waals surface area contributed by atoms with Gasteiger partial charge in [0.15, 0.2) is 11.6 Å². The number of likely N-dealkylation sites (tertiary alicyclic amines) is 1. The second-order valence-electron chi connectivity index (χ2n) is 8.83. The number of carbonyl (C=O) groups excluding carboxylic acids is 1. The number of primary amides is 1. The van der Waals surface area contributed by atoms with Crippen molar-refractivity contribution in [1.82, 2.24) is 9.88 Å². The Balaban J connectivity index is 1.48. The van der Waals surface area contributed by atoms with Crippen LogP contribution in [0.2, 0.25) is 0 Å². The number of amides is 1. The SMILES string of the molecule is NC(=O)c1cc(F)c(NC2CCCC[C@@H]2N)nc1Nc1cccc(OCCN2CCCC2)c1. The minimum absolute atomic E-state index is 0.0219. The fourth-order valence-corrected chi connectivity index (χ4v) is 4.49. The zero-order valence-electron chi connectivity index (χ0n) is 18.9. The summed E-state index contributed by atoms with van der Waals surface area (Å²) in [6.45, 7) is 3.74. The number of nitrogens with two attached hydrogens (primary N) is 2. The molecular weight excluding hydrogens is 423 g/mol. The van der Waals surface area contributed by atoms with Gasteiger partial charge in [0.1, 0.15) is 18.2 Å². The summed E-state index contributed by atoms with van der Waals surface area (Å²) in [5, 5.41) is 6.23. The fourth-order valence-electron chi connectivity index (χ4n) is 4.49. The van der Waals surface area contributed by atoms with Gasteiger partial charge < -0.3 is 26.8 Å². The molecule has 6 N–H and O–H groups in total.